The fourth-order valence-electron chi connectivity index (χ4n) is 4.38. The molecule has 0 bridgehead atoms. The highest BCUT2D eigenvalue weighted by Gasteiger charge is 2.41. The molecule has 0 aliphatic carbocycles. The van der Waals surface area contributed by atoms with Crippen molar-refractivity contribution < 1.29 is 18.5 Å². The SMILES string of the molecule is CCCCCCCC/C=C\CCCCCCCCCCCOP(=O)(O)C(CC)[N+](C)(C)C. The molecule has 4 nitrogen and oxygen atoms in total. The van der Waals surface area contributed by atoms with E-state index < -0.39 is 7.60 Å². The van der Waals surface area contributed by atoms with Crippen LogP contribution in [-0.2, 0) is 9.09 Å². The number of quaternary nitrogens is 1. The normalized spacial score (nSPS) is 15.3. The quantitative estimate of drug-likeness (QED) is 0.0696. The topological polar surface area (TPSA) is 46.5 Å². The summed E-state index contributed by atoms with van der Waals surface area (Å²) >= 11 is 0. The van der Waals surface area contributed by atoms with Crippen LogP contribution >= 0.6 is 7.60 Å². The molecule has 0 saturated carbocycles. The zero-order valence-corrected chi connectivity index (χ0v) is 23.2. The maximum absolute atomic E-state index is 12.5. The summed E-state index contributed by atoms with van der Waals surface area (Å²) in [6.45, 7) is 4.63. The van der Waals surface area contributed by atoms with Crippen molar-refractivity contribution in [1.29, 1.82) is 0 Å². The Balaban J connectivity index is 3.44. The Morgan fingerprint density at radius 3 is 1.53 bits per heavy atom. The van der Waals surface area contributed by atoms with Gasteiger partial charge in [-0.3, -0.25) is 4.57 Å². The van der Waals surface area contributed by atoms with Crippen molar-refractivity contribution in [2.75, 3.05) is 27.7 Å². The molecule has 5 heteroatoms. The second kappa shape index (κ2) is 20.2. The maximum atomic E-state index is 12.5. The zero-order chi connectivity index (χ0) is 24.1. The molecule has 0 saturated heterocycles. The maximum Gasteiger partial charge on any atom is 0.385 e. The first kappa shape index (κ1) is 31.9. The number of allylic oxidation sites excluding steroid dienone is 2. The molecule has 0 rings (SSSR count). The monoisotopic (exact) mass is 474 g/mol. The molecule has 0 fully saturated rings. The van der Waals surface area contributed by atoms with Gasteiger partial charge in [0.2, 0.25) is 0 Å². The average Bonchev–Trinajstić information content (AvgIpc) is 2.71. The van der Waals surface area contributed by atoms with Crippen molar-refractivity contribution in [3.8, 4) is 0 Å². The molecule has 0 aliphatic rings. The predicted octanol–water partition coefficient (Wildman–Crippen LogP) is 8.84. The summed E-state index contributed by atoms with van der Waals surface area (Å²) in [7, 11) is 2.31. The summed E-state index contributed by atoms with van der Waals surface area (Å²) in [6, 6.07) is 0. The van der Waals surface area contributed by atoms with Crippen LogP contribution in [0.2, 0.25) is 0 Å². The Hall–Kier alpha value is -0.150. The van der Waals surface area contributed by atoms with Crippen molar-refractivity contribution in [2.45, 2.75) is 135 Å². The van der Waals surface area contributed by atoms with E-state index in [0.29, 0.717) is 17.5 Å². The molecule has 2 atom stereocenters. The molecular formula is C27H57NO3P+. The molecular weight excluding hydrogens is 417 g/mol. The Kier molecular flexibility index (Phi) is 20.1. The largest absolute Gasteiger partial charge is 0.385 e. The third kappa shape index (κ3) is 18.3. The van der Waals surface area contributed by atoms with E-state index >= 15 is 0 Å². The van der Waals surface area contributed by atoms with Gasteiger partial charge in [-0.25, -0.2) is 0 Å². The molecule has 0 aromatic heterocycles. The minimum atomic E-state index is -3.55. The van der Waals surface area contributed by atoms with Crippen LogP contribution < -0.4 is 0 Å². The van der Waals surface area contributed by atoms with E-state index in [1.807, 2.05) is 28.1 Å². The summed E-state index contributed by atoms with van der Waals surface area (Å²) in [5.41, 5.74) is 0. The van der Waals surface area contributed by atoms with Crippen LogP contribution in [0.5, 0.6) is 0 Å². The zero-order valence-electron chi connectivity index (χ0n) is 22.3. The van der Waals surface area contributed by atoms with Crippen LogP contribution in [-0.4, -0.2) is 42.9 Å². The van der Waals surface area contributed by atoms with Crippen LogP contribution in [0, 0.1) is 0 Å². The summed E-state index contributed by atoms with van der Waals surface area (Å²) < 4.78 is 18.4. The number of hydrogen-bond acceptors (Lipinski definition) is 2. The Labute approximate surface area is 201 Å². The van der Waals surface area contributed by atoms with Crippen molar-refractivity contribution in [1.82, 2.24) is 0 Å². The molecule has 1 N–H and O–H groups in total. The lowest BCUT2D eigenvalue weighted by atomic mass is 10.1. The van der Waals surface area contributed by atoms with Gasteiger partial charge in [-0.15, -0.1) is 0 Å². The van der Waals surface area contributed by atoms with Gasteiger partial charge in [0.05, 0.1) is 27.7 Å². The number of nitrogens with zero attached hydrogens (tertiary/aromatic N) is 1. The second-order valence-electron chi connectivity index (χ2n) is 10.4. The highest BCUT2D eigenvalue weighted by molar-refractivity contribution is 7.53. The number of unbranched alkanes of at least 4 members (excludes halogenated alkanes) is 15. The van der Waals surface area contributed by atoms with E-state index in [0.717, 1.165) is 12.8 Å². The average molecular weight is 475 g/mol. The van der Waals surface area contributed by atoms with Crippen LogP contribution in [0.4, 0.5) is 0 Å². The van der Waals surface area contributed by atoms with Crippen LogP contribution in [0.15, 0.2) is 12.2 Å². The summed E-state index contributed by atoms with van der Waals surface area (Å²) in [4.78, 5) is 10.3. The first-order valence-corrected chi connectivity index (χ1v) is 15.3. The third-order valence-electron chi connectivity index (χ3n) is 6.32. The molecule has 2 unspecified atom stereocenters. The number of rotatable bonds is 23. The minimum absolute atomic E-state index is 0.349. The molecule has 0 aliphatic heterocycles. The van der Waals surface area contributed by atoms with E-state index in [9.17, 15) is 9.46 Å². The lowest BCUT2D eigenvalue weighted by Gasteiger charge is -2.35. The van der Waals surface area contributed by atoms with Crippen LogP contribution in [0.1, 0.15) is 129 Å². The molecule has 32 heavy (non-hydrogen) atoms. The van der Waals surface area contributed by atoms with Crippen molar-refractivity contribution in [2.24, 2.45) is 0 Å². The van der Waals surface area contributed by atoms with Gasteiger partial charge in [0, 0.05) is 6.42 Å². The number of hydrogen-bond donors (Lipinski definition) is 1. The summed E-state index contributed by atoms with van der Waals surface area (Å²) in [5, 5.41) is 0. The van der Waals surface area contributed by atoms with Gasteiger partial charge >= 0.3 is 7.60 Å². The van der Waals surface area contributed by atoms with E-state index in [1.165, 1.54) is 96.3 Å². The van der Waals surface area contributed by atoms with Crippen molar-refractivity contribution in [3.05, 3.63) is 12.2 Å². The molecule has 0 radical (unpaired) electrons. The molecule has 192 valence electrons. The summed E-state index contributed by atoms with van der Waals surface area (Å²) in [5.74, 6) is -0.349. The van der Waals surface area contributed by atoms with E-state index in [-0.39, 0.29) is 5.78 Å². The Morgan fingerprint density at radius 1 is 0.719 bits per heavy atom. The molecule has 0 amide bonds. The van der Waals surface area contributed by atoms with Gasteiger partial charge in [0.15, 0.2) is 5.78 Å². The van der Waals surface area contributed by atoms with E-state index in [1.54, 1.807) is 0 Å². The fraction of sp³-hybridized carbons (Fsp3) is 0.926. The Bertz CT molecular complexity index is 488. The van der Waals surface area contributed by atoms with Crippen molar-refractivity contribution >= 4 is 7.60 Å². The lowest BCUT2D eigenvalue weighted by molar-refractivity contribution is -0.883. The lowest BCUT2D eigenvalue weighted by Crippen LogP contribution is -2.44. The minimum Gasteiger partial charge on any atom is -0.320 e. The molecule has 0 spiro atoms. The molecule has 0 heterocycles. The van der Waals surface area contributed by atoms with Crippen molar-refractivity contribution in [3.63, 3.8) is 0 Å². The second-order valence-corrected chi connectivity index (χ2v) is 12.4. The standard InChI is InChI=1S/C27H56NO3P/c1-6-8-9-10-11-12-13-14-15-16-17-18-19-20-21-22-23-24-25-26-31-32(29,30)27(7-2)28(3,4)5/h14-15,27H,6-13,16-26H2,1-5H3/p+1/b15-14-. The highest BCUT2D eigenvalue weighted by atomic mass is 31.2. The molecule has 0 aromatic carbocycles. The third-order valence-corrected chi connectivity index (χ3v) is 8.68. The fourth-order valence-corrected chi connectivity index (χ4v) is 6.28. The van der Waals surface area contributed by atoms with Gasteiger partial charge in [-0.05, 0) is 32.1 Å². The smallest absolute Gasteiger partial charge is 0.320 e. The Morgan fingerprint density at radius 2 is 1.12 bits per heavy atom. The first-order valence-electron chi connectivity index (χ1n) is 13.7. The van der Waals surface area contributed by atoms with Gasteiger partial charge < -0.3 is 13.9 Å². The van der Waals surface area contributed by atoms with Crippen LogP contribution in [0.3, 0.4) is 0 Å². The predicted molar refractivity (Wildman–Crippen MR) is 141 cm³/mol. The molecule has 0 aromatic rings. The van der Waals surface area contributed by atoms with Gasteiger partial charge in [0.25, 0.3) is 0 Å². The van der Waals surface area contributed by atoms with Crippen LogP contribution in [0.25, 0.3) is 0 Å². The van der Waals surface area contributed by atoms with Gasteiger partial charge in [-0.2, -0.15) is 0 Å². The van der Waals surface area contributed by atoms with Gasteiger partial charge in [0.1, 0.15) is 0 Å². The first-order chi connectivity index (χ1) is 15.3. The highest BCUT2D eigenvalue weighted by Crippen LogP contribution is 2.51. The van der Waals surface area contributed by atoms with E-state index in [4.69, 9.17) is 4.52 Å². The summed E-state index contributed by atoms with van der Waals surface area (Å²) in [6.07, 6.45) is 27.4. The van der Waals surface area contributed by atoms with Gasteiger partial charge in [-0.1, -0.05) is 103 Å². The van der Waals surface area contributed by atoms with E-state index in [2.05, 4.69) is 19.1 Å².